The quantitative estimate of drug-likeness (QED) is 0.476. The molecule has 4 unspecified atom stereocenters. The van der Waals surface area contributed by atoms with Crippen molar-refractivity contribution >= 4 is 12.6 Å². The molecule has 21 heavy (non-hydrogen) atoms. The molecule has 122 valence electrons. The average molecular weight is 334 g/mol. The zero-order chi connectivity index (χ0) is 16.0. The van der Waals surface area contributed by atoms with Crippen molar-refractivity contribution < 1.29 is 41.5 Å². The van der Waals surface area contributed by atoms with Gasteiger partial charge in [0, 0.05) is 12.2 Å². The third-order valence-corrected chi connectivity index (χ3v) is 3.28. The van der Waals surface area contributed by atoms with E-state index in [1.807, 2.05) is 40.3 Å². The maximum Gasteiger partial charge on any atom is 2.00 e. The molecule has 5 heteroatoms. The molecule has 0 aliphatic carbocycles. The van der Waals surface area contributed by atoms with Gasteiger partial charge in [-0.25, -0.2) is 0 Å². The number of hydrogen-bond acceptors (Lipinski definition) is 4. The van der Waals surface area contributed by atoms with E-state index in [0.717, 1.165) is 12.8 Å². The van der Waals surface area contributed by atoms with Crippen LogP contribution in [0.3, 0.4) is 0 Å². The molecule has 0 aromatic carbocycles. The van der Waals surface area contributed by atoms with E-state index in [2.05, 4.69) is 0 Å². The minimum absolute atomic E-state index is 0. The summed E-state index contributed by atoms with van der Waals surface area (Å²) in [6.45, 7) is 7.74. The largest absolute Gasteiger partial charge is 2.00 e. The fourth-order valence-electron chi connectivity index (χ4n) is 1.86. The van der Waals surface area contributed by atoms with Gasteiger partial charge in [-0.15, -0.1) is 11.8 Å². The van der Waals surface area contributed by atoms with Gasteiger partial charge in [0.1, 0.15) is 0 Å². The van der Waals surface area contributed by atoms with E-state index < -0.39 is 12.2 Å². The van der Waals surface area contributed by atoms with Crippen molar-refractivity contribution in [1.82, 2.24) is 0 Å². The first-order chi connectivity index (χ1) is 9.51. The third kappa shape index (κ3) is 13.4. The Bertz CT molecular complexity index is 212. The zero-order valence-electron chi connectivity index (χ0n) is 13.8. The Balaban J connectivity index is -0.000000295. The molecule has 0 aliphatic rings. The summed E-state index contributed by atoms with van der Waals surface area (Å²) in [5.41, 5.74) is 0. The van der Waals surface area contributed by atoms with Gasteiger partial charge in [-0.3, -0.25) is 12.6 Å². The Morgan fingerprint density at radius 1 is 0.762 bits per heavy atom. The van der Waals surface area contributed by atoms with Gasteiger partial charge >= 0.3 is 21.7 Å². The molecule has 2 N–H and O–H groups in total. The molecule has 0 bridgehead atoms. The molecule has 0 spiro atoms. The van der Waals surface area contributed by atoms with Crippen molar-refractivity contribution in [2.75, 3.05) is 0 Å². The van der Waals surface area contributed by atoms with Crippen LogP contribution in [0.25, 0.3) is 0 Å². The summed E-state index contributed by atoms with van der Waals surface area (Å²) in [5.74, 6) is -0.556. The normalized spacial score (nSPS) is 15.5. The fourth-order valence-corrected chi connectivity index (χ4v) is 1.86. The summed E-state index contributed by atoms with van der Waals surface area (Å²) < 4.78 is 0. The second-order valence-electron chi connectivity index (χ2n) is 4.98. The van der Waals surface area contributed by atoms with Crippen molar-refractivity contribution in [3.05, 3.63) is 0 Å². The molecule has 0 radical (unpaired) electrons. The van der Waals surface area contributed by atoms with E-state index in [-0.39, 0.29) is 33.6 Å². The molecule has 0 aromatic rings. The standard InChI is InChI=1S/2C8H15O2.Ti/c2*1-3-5-8(10)7(4-2)6-9;/h2*7-8,10H,3-5H2,1-2H3;/q2*-1;+2. The van der Waals surface area contributed by atoms with Crippen LogP contribution in [-0.4, -0.2) is 35.0 Å². The number of hydrogen-bond donors (Lipinski definition) is 2. The van der Waals surface area contributed by atoms with Gasteiger partial charge in [0.2, 0.25) is 0 Å². The summed E-state index contributed by atoms with van der Waals surface area (Å²) >= 11 is 0. The van der Waals surface area contributed by atoms with Crippen molar-refractivity contribution in [3.63, 3.8) is 0 Å². The van der Waals surface area contributed by atoms with Crippen LogP contribution in [0.2, 0.25) is 0 Å². The SMILES string of the molecule is CCCC(O)C([C-]=O)CC.CCCC(O)C([C-]=O)CC.[Ti+2]. The molecular weight excluding hydrogens is 304 g/mol. The molecule has 0 amide bonds. The van der Waals surface area contributed by atoms with Gasteiger partial charge in [-0.05, 0) is 12.8 Å². The maximum absolute atomic E-state index is 10.2. The fraction of sp³-hybridized carbons (Fsp3) is 0.875. The summed E-state index contributed by atoms with van der Waals surface area (Å²) in [7, 11) is 0. The molecule has 0 rings (SSSR count). The topological polar surface area (TPSA) is 74.6 Å². The van der Waals surface area contributed by atoms with Gasteiger partial charge < -0.3 is 19.8 Å². The van der Waals surface area contributed by atoms with Gasteiger partial charge in [0.05, 0.1) is 0 Å². The minimum atomic E-state index is -0.479. The van der Waals surface area contributed by atoms with Crippen LogP contribution in [0, 0.1) is 11.8 Å². The summed E-state index contributed by atoms with van der Waals surface area (Å²) in [4.78, 5) is 20.3. The van der Waals surface area contributed by atoms with Crippen molar-refractivity contribution in [2.45, 2.75) is 78.4 Å². The van der Waals surface area contributed by atoms with Gasteiger partial charge in [0.25, 0.3) is 0 Å². The molecule has 0 aromatic heterocycles. The monoisotopic (exact) mass is 334 g/mol. The first kappa shape index (κ1) is 25.9. The Labute approximate surface area is 144 Å². The van der Waals surface area contributed by atoms with Crippen LogP contribution in [0.15, 0.2) is 0 Å². The predicted octanol–water partition coefficient (Wildman–Crippen LogP) is 2.56. The van der Waals surface area contributed by atoms with Crippen LogP contribution in [0.4, 0.5) is 0 Å². The van der Waals surface area contributed by atoms with Crippen molar-refractivity contribution in [1.29, 1.82) is 0 Å². The second-order valence-corrected chi connectivity index (χ2v) is 4.98. The summed E-state index contributed by atoms with van der Waals surface area (Å²) in [5, 5.41) is 18.5. The Hall–Kier alpha value is -0.0257. The number of carbonyl (C=O) groups excluding carboxylic acids is 2. The third-order valence-electron chi connectivity index (χ3n) is 3.28. The predicted molar refractivity (Wildman–Crippen MR) is 80.8 cm³/mol. The van der Waals surface area contributed by atoms with E-state index in [1.165, 1.54) is 0 Å². The zero-order valence-corrected chi connectivity index (χ0v) is 15.3. The van der Waals surface area contributed by atoms with E-state index in [9.17, 15) is 19.8 Å². The molecule has 4 atom stereocenters. The van der Waals surface area contributed by atoms with Crippen LogP contribution >= 0.6 is 0 Å². The van der Waals surface area contributed by atoms with Gasteiger partial charge in [-0.1, -0.05) is 53.4 Å². The summed E-state index contributed by atoms with van der Waals surface area (Å²) in [6.07, 6.45) is 7.32. The first-order valence-corrected chi connectivity index (χ1v) is 7.63. The van der Waals surface area contributed by atoms with Crippen LogP contribution in [0.1, 0.15) is 66.2 Å². The Morgan fingerprint density at radius 2 is 1.05 bits per heavy atom. The van der Waals surface area contributed by atoms with E-state index in [1.54, 1.807) is 0 Å². The minimum Gasteiger partial charge on any atom is -0.541 e. The smallest absolute Gasteiger partial charge is 0.541 e. The van der Waals surface area contributed by atoms with E-state index in [4.69, 9.17) is 0 Å². The molecular formula is C16H30O4Ti. The number of rotatable bonds is 10. The summed E-state index contributed by atoms with van der Waals surface area (Å²) in [6, 6.07) is 0. The van der Waals surface area contributed by atoms with E-state index in [0.29, 0.717) is 25.7 Å². The second kappa shape index (κ2) is 18.0. The molecule has 0 fully saturated rings. The average Bonchev–Trinajstić information content (AvgIpc) is 2.43. The molecule has 0 saturated heterocycles. The van der Waals surface area contributed by atoms with Crippen molar-refractivity contribution in [3.8, 4) is 0 Å². The Morgan fingerprint density at radius 3 is 1.19 bits per heavy atom. The van der Waals surface area contributed by atoms with Crippen LogP contribution in [-0.2, 0) is 31.3 Å². The molecule has 0 heterocycles. The maximum atomic E-state index is 10.2. The van der Waals surface area contributed by atoms with Crippen molar-refractivity contribution in [2.24, 2.45) is 11.8 Å². The molecule has 0 saturated carbocycles. The Kier molecular flexibility index (Phi) is 22.2. The molecule has 0 aliphatic heterocycles. The van der Waals surface area contributed by atoms with Crippen LogP contribution in [0.5, 0.6) is 0 Å². The van der Waals surface area contributed by atoms with Gasteiger partial charge in [0.15, 0.2) is 0 Å². The van der Waals surface area contributed by atoms with E-state index >= 15 is 0 Å². The molecule has 4 nitrogen and oxygen atoms in total. The first-order valence-electron chi connectivity index (χ1n) is 7.63. The number of aliphatic hydroxyl groups is 2. The number of aliphatic hydroxyl groups excluding tert-OH is 2. The van der Waals surface area contributed by atoms with Crippen LogP contribution < -0.4 is 0 Å². The van der Waals surface area contributed by atoms with Gasteiger partial charge in [-0.2, -0.15) is 0 Å².